The Morgan fingerprint density at radius 1 is 1.39 bits per heavy atom. The van der Waals surface area contributed by atoms with Gasteiger partial charge in [-0.25, -0.2) is 4.79 Å². The van der Waals surface area contributed by atoms with Crippen LogP contribution < -0.4 is 5.43 Å². The van der Waals surface area contributed by atoms with Gasteiger partial charge in [-0.15, -0.1) is 0 Å². The number of ether oxygens (including phenoxy) is 1. The zero-order valence-electron chi connectivity index (χ0n) is 19.7. The molecule has 0 aliphatic carbocycles. The SMILES string of the molecule is C/C(=C\C=C/c1cnn2c1-c1cc(=O)c(C(=O)O)cn1C(C(C)(C)C)C2)OCCCS(C)=O. The Kier molecular flexibility index (Phi) is 7.41. The van der Waals surface area contributed by atoms with Crippen LogP contribution in [0.3, 0.4) is 0 Å². The first-order chi connectivity index (χ1) is 15.5. The molecule has 2 aromatic heterocycles. The molecule has 0 radical (unpaired) electrons. The normalized spacial score (nSPS) is 17.0. The molecule has 1 aliphatic rings. The lowest BCUT2D eigenvalue weighted by Crippen LogP contribution is -2.35. The summed E-state index contributed by atoms with van der Waals surface area (Å²) in [6, 6.07) is 1.33. The number of aromatic nitrogens is 3. The number of allylic oxidation sites excluding steroid dienone is 3. The molecular weight excluding hydrogens is 442 g/mol. The molecule has 2 atom stereocenters. The van der Waals surface area contributed by atoms with Crippen molar-refractivity contribution < 1.29 is 18.8 Å². The molecule has 0 saturated carbocycles. The Bertz CT molecular complexity index is 1180. The molecule has 3 rings (SSSR count). The van der Waals surface area contributed by atoms with Crippen LogP contribution in [0.15, 0.2) is 41.2 Å². The molecule has 1 N–H and O–H groups in total. The number of aromatic carboxylic acids is 1. The maximum Gasteiger partial charge on any atom is 0.341 e. The maximum absolute atomic E-state index is 12.5. The first kappa shape index (κ1) is 24.7. The first-order valence-electron chi connectivity index (χ1n) is 10.8. The van der Waals surface area contributed by atoms with E-state index in [0.717, 1.165) is 23.4 Å². The average molecular weight is 474 g/mol. The smallest absolute Gasteiger partial charge is 0.341 e. The summed E-state index contributed by atoms with van der Waals surface area (Å²) < 4.78 is 20.5. The second-order valence-electron chi connectivity index (χ2n) is 9.28. The molecule has 178 valence electrons. The quantitative estimate of drug-likeness (QED) is 0.356. The van der Waals surface area contributed by atoms with Crippen LogP contribution in [0.25, 0.3) is 17.5 Å². The Balaban J connectivity index is 1.93. The van der Waals surface area contributed by atoms with Gasteiger partial charge in [0.05, 0.1) is 42.5 Å². The summed E-state index contributed by atoms with van der Waals surface area (Å²) in [5.74, 6) is 0.126. The van der Waals surface area contributed by atoms with Crippen molar-refractivity contribution in [1.82, 2.24) is 14.3 Å². The van der Waals surface area contributed by atoms with E-state index in [-0.39, 0.29) is 17.0 Å². The van der Waals surface area contributed by atoms with Crippen molar-refractivity contribution in [2.45, 2.75) is 46.7 Å². The zero-order valence-corrected chi connectivity index (χ0v) is 20.5. The summed E-state index contributed by atoms with van der Waals surface area (Å²) >= 11 is 0. The molecule has 33 heavy (non-hydrogen) atoms. The molecule has 1 aliphatic heterocycles. The van der Waals surface area contributed by atoms with Crippen LogP contribution in [-0.4, -0.2) is 48.2 Å². The Morgan fingerprint density at radius 3 is 2.76 bits per heavy atom. The summed E-state index contributed by atoms with van der Waals surface area (Å²) in [5.41, 5.74) is 1.31. The van der Waals surface area contributed by atoms with Crippen LogP contribution >= 0.6 is 0 Å². The second kappa shape index (κ2) is 9.91. The van der Waals surface area contributed by atoms with Gasteiger partial charge in [0.25, 0.3) is 0 Å². The van der Waals surface area contributed by atoms with Gasteiger partial charge in [0, 0.05) is 40.6 Å². The van der Waals surface area contributed by atoms with Crippen LogP contribution in [0.2, 0.25) is 0 Å². The maximum atomic E-state index is 12.5. The predicted octanol–water partition coefficient (Wildman–Crippen LogP) is 3.71. The molecule has 9 heteroatoms. The van der Waals surface area contributed by atoms with Crippen molar-refractivity contribution in [2.75, 3.05) is 18.6 Å². The van der Waals surface area contributed by atoms with Crippen LogP contribution in [0.5, 0.6) is 0 Å². The Labute approximate surface area is 196 Å². The van der Waals surface area contributed by atoms with Gasteiger partial charge < -0.3 is 14.4 Å². The summed E-state index contributed by atoms with van der Waals surface area (Å²) in [4.78, 5) is 24.1. The van der Waals surface area contributed by atoms with Crippen LogP contribution in [0.4, 0.5) is 0 Å². The van der Waals surface area contributed by atoms with Crippen molar-refractivity contribution in [2.24, 2.45) is 5.41 Å². The van der Waals surface area contributed by atoms with Gasteiger partial charge in [-0.2, -0.15) is 5.10 Å². The van der Waals surface area contributed by atoms with E-state index in [4.69, 9.17) is 4.74 Å². The highest BCUT2D eigenvalue weighted by molar-refractivity contribution is 7.84. The highest BCUT2D eigenvalue weighted by atomic mass is 32.2. The first-order valence-corrected chi connectivity index (χ1v) is 12.5. The van der Waals surface area contributed by atoms with Gasteiger partial charge in [-0.1, -0.05) is 32.9 Å². The van der Waals surface area contributed by atoms with E-state index in [9.17, 15) is 18.9 Å². The number of carbonyl (C=O) groups is 1. The van der Waals surface area contributed by atoms with Crippen molar-refractivity contribution in [3.05, 3.63) is 57.7 Å². The number of hydrogen-bond donors (Lipinski definition) is 1. The van der Waals surface area contributed by atoms with E-state index in [1.165, 1.54) is 12.3 Å². The fourth-order valence-electron chi connectivity index (χ4n) is 3.87. The van der Waals surface area contributed by atoms with E-state index in [0.29, 0.717) is 24.6 Å². The Morgan fingerprint density at radius 2 is 2.12 bits per heavy atom. The van der Waals surface area contributed by atoms with Crippen LogP contribution in [0, 0.1) is 5.41 Å². The summed E-state index contributed by atoms with van der Waals surface area (Å²) in [6.45, 7) is 9.19. The van der Waals surface area contributed by atoms with E-state index in [2.05, 4.69) is 25.9 Å². The number of fused-ring (bicyclic) bond motifs is 3. The topological polar surface area (TPSA) is 103 Å². The zero-order chi connectivity index (χ0) is 24.3. The highest BCUT2D eigenvalue weighted by Gasteiger charge is 2.34. The second-order valence-corrected chi connectivity index (χ2v) is 10.8. The molecule has 2 unspecified atom stereocenters. The third-order valence-corrected chi connectivity index (χ3v) is 6.48. The minimum Gasteiger partial charge on any atom is -0.498 e. The highest BCUT2D eigenvalue weighted by Crippen LogP contribution is 2.40. The van der Waals surface area contributed by atoms with Crippen molar-refractivity contribution in [3.8, 4) is 11.4 Å². The molecule has 0 amide bonds. The molecule has 0 spiro atoms. The summed E-state index contributed by atoms with van der Waals surface area (Å²) in [5, 5.41) is 14.0. The fourth-order valence-corrected chi connectivity index (χ4v) is 4.40. The molecule has 0 aromatic carbocycles. The molecule has 8 nitrogen and oxygen atoms in total. The van der Waals surface area contributed by atoms with Gasteiger partial charge in [-0.05, 0) is 24.8 Å². The van der Waals surface area contributed by atoms with Gasteiger partial charge in [0.1, 0.15) is 5.56 Å². The fraction of sp³-hybridized carbons (Fsp3) is 0.458. The van der Waals surface area contributed by atoms with E-state index >= 15 is 0 Å². The van der Waals surface area contributed by atoms with E-state index in [1.54, 1.807) is 12.5 Å². The molecule has 2 aromatic rings. The lowest BCUT2D eigenvalue weighted by atomic mass is 9.84. The molecule has 0 saturated heterocycles. The van der Waals surface area contributed by atoms with Gasteiger partial charge in [0.2, 0.25) is 0 Å². The summed E-state index contributed by atoms with van der Waals surface area (Å²) in [7, 11) is -0.819. The number of pyridine rings is 1. The number of carboxylic acids is 1. The number of hydrogen-bond acceptors (Lipinski definition) is 5. The Hall–Kier alpha value is -2.94. The molecular formula is C24H31N3O5S. The third kappa shape index (κ3) is 5.71. The van der Waals surface area contributed by atoms with Crippen LogP contribution in [0.1, 0.15) is 56.1 Å². The van der Waals surface area contributed by atoms with E-state index in [1.807, 2.05) is 34.4 Å². The minimum absolute atomic E-state index is 0.0663. The lowest BCUT2D eigenvalue weighted by Gasteiger charge is -2.38. The third-order valence-electron chi connectivity index (χ3n) is 5.61. The number of nitrogens with zero attached hydrogens (tertiary/aromatic N) is 3. The largest absolute Gasteiger partial charge is 0.498 e. The number of carboxylic acid groups (broad SMARTS) is 1. The van der Waals surface area contributed by atoms with Gasteiger partial charge in [0.15, 0.2) is 5.43 Å². The number of rotatable bonds is 8. The van der Waals surface area contributed by atoms with Gasteiger partial charge in [-0.3, -0.25) is 13.7 Å². The van der Waals surface area contributed by atoms with Crippen molar-refractivity contribution in [3.63, 3.8) is 0 Å². The van der Waals surface area contributed by atoms with Gasteiger partial charge >= 0.3 is 5.97 Å². The average Bonchev–Trinajstić information content (AvgIpc) is 3.12. The summed E-state index contributed by atoms with van der Waals surface area (Å²) in [6.07, 6.45) is 11.2. The van der Waals surface area contributed by atoms with Crippen molar-refractivity contribution in [1.29, 1.82) is 0 Å². The lowest BCUT2D eigenvalue weighted by molar-refractivity contribution is 0.0693. The predicted molar refractivity (Wildman–Crippen MR) is 130 cm³/mol. The van der Waals surface area contributed by atoms with Crippen LogP contribution in [-0.2, 0) is 22.1 Å². The minimum atomic E-state index is -1.23. The molecule has 0 bridgehead atoms. The van der Waals surface area contributed by atoms with E-state index < -0.39 is 22.2 Å². The van der Waals surface area contributed by atoms with Crippen molar-refractivity contribution >= 4 is 22.8 Å². The standard InChI is InChI=1S/C24H31N3O5S/c1-16(32-10-7-11-33(5)31)8-6-9-17-13-25-27-15-21(24(2,3)4)26-14-18(23(29)30)20(28)12-19(26)22(17)27/h6,8-9,12-14,21H,7,10-11,15H2,1-5H3,(H,29,30)/b9-6-,16-8+. The molecule has 3 heterocycles. The molecule has 0 fully saturated rings. The monoisotopic (exact) mass is 473 g/mol.